The highest BCUT2D eigenvalue weighted by Gasteiger charge is 2.22. The smallest absolute Gasteiger partial charge is 0.199 e. The quantitative estimate of drug-likeness (QED) is 0.462. The van der Waals surface area contributed by atoms with Crippen molar-refractivity contribution in [3.63, 3.8) is 0 Å². The molecule has 0 bridgehead atoms. The van der Waals surface area contributed by atoms with E-state index in [0.717, 1.165) is 0 Å². The molecule has 0 atom stereocenters. The Labute approximate surface area is 163 Å². The second kappa shape index (κ2) is 8.04. The van der Waals surface area contributed by atoms with Crippen molar-refractivity contribution in [2.75, 3.05) is 6.61 Å². The Kier molecular flexibility index (Phi) is 5.74. The predicted octanol–water partition coefficient (Wildman–Crippen LogP) is 3.31. The van der Waals surface area contributed by atoms with Crippen LogP contribution >= 0.6 is 23.2 Å². The van der Waals surface area contributed by atoms with Gasteiger partial charge in [-0.15, -0.1) is 0 Å². The summed E-state index contributed by atoms with van der Waals surface area (Å²) >= 11 is 11.6. The standard InChI is InChI=1S/C18H14Cl2FN3O3/c19-12-1-2-13(20)17(21)16(12)18(27)11-6-14(22-8-11)15(26)5-10-7-23-24(9-10)3-4-25/h1-2,6-9,22,25H,3-5H2. The summed E-state index contributed by atoms with van der Waals surface area (Å²) in [5.74, 6) is -1.85. The average molecular weight is 410 g/mol. The summed E-state index contributed by atoms with van der Waals surface area (Å²) in [4.78, 5) is 27.7. The van der Waals surface area contributed by atoms with Crippen molar-refractivity contribution in [1.82, 2.24) is 14.8 Å². The number of benzene rings is 1. The number of H-pyrrole nitrogens is 1. The molecule has 0 aliphatic rings. The number of carbonyl (C=O) groups is 2. The van der Waals surface area contributed by atoms with E-state index in [2.05, 4.69) is 10.1 Å². The van der Waals surface area contributed by atoms with Crippen LogP contribution in [0.25, 0.3) is 0 Å². The summed E-state index contributed by atoms with van der Waals surface area (Å²) in [5.41, 5.74) is 0.622. The number of aliphatic hydroxyl groups is 1. The molecule has 6 nitrogen and oxygen atoms in total. The first kappa shape index (κ1) is 19.3. The number of rotatable bonds is 7. The lowest BCUT2D eigenvalue weighted by Gasteiger charge is -2.05. The molecule has 0 spiro atoms. The summed E-state index contributed by atoms with van der Waals surface area (Å²) in [7, 11) is 0. The van der Waals surface area contributed by atoms with E-state index in [4.69, 9.17) is 28.3 Å². The van der Waals surface area contributed by atoms with Gasteiger partial charge in [0.05, 0.1) is 40.7 Å². The number of hydrogen-bond donors (Lipinski definition) is 2. The maximum Gasteiger partial charge on any atom is 0.199 e. The summed E-state index contributed by atoms with van der Waals surface area (Å²) in [6, 6.07) is 3.95. The van der Waals surface area contributed by atoms with Crippen LogP contribution in [0, 0.1) is 5.82 Å². The predicted molar refractivity (Wildman–Crippen MR) is 98.0 cm³/mol. The number of nitrogens with one attached hydrogen (secondary N) is 1. The molecule has 3 rings (SSSR count). The number of carbonyl (C=O) groups excluding carboxylic acids is 2. The number of hydrogen-bond acceptors (Lipinski definition) is 4. The molecule has 0 saturated carbocycles. The van der Waals surface area contributed by atoms with Crippen molar-refractivity contribution in [2.24, 2.45) is 0 Å². The Morgan fingerprint density at radius 3 is 2.74 bits per heavy atom. The highest BCUT2D eigenvalue weighted by atomic mass is 35.5. The topological polar surface area (TPSA) is 88.0 Å². The van der Waals surface area contributed by atoms with Gasteiger partial charge in [0.15, 0.2) is 17.4 Å². The molecule has 0 radical (unpaired) electrons. The SMILES string of the molecule is O=C(Cc1cnn(CCO)c1)c1cc(C(=O)c2c(Cl)ccc(Cl)c2F)c[nH]1. The van der Waals surface area contributed by atoms with Gasteiger partial charge in [0.1, 0.15) is 0 Å². The molecule has 2 heterocycles. The molecule has 2 aromatic heterocycles. The number of halogens is 3. The molecule has 9 heteroatoms. The highest BCUT2D eigenvalue weighted by Crippen LogP contribution is 2.28. The van der Waals surface area contributed by atoms with E-state index in [0.29, 0.717) is 12.1 Å². The van der Waals surface area contributed by atoms with Crippen LogP contribution in [0.3, 0.4) is 0 Å². The molecule has 0 saturated heterocycles. The number of ketones is 2. The van der Waals surface area contributed by atoms with Gasteiger partial charge in [-0.25, -0.2) is 4.39 Å². The second-order valence-corrected chi connectivity index (χ2v) is 6.60. The van der Waals surface area contributed by atoms with E-state index in [1.807, 2.05) is 0 Å². The van der Waals surface area contributed by atoms with Gasteiger partial charge in [-0.05, 0) is 23.8 Å². The molecule has 0 amide bonds. The Balaban J connectivity index is 1.79. The second-order valence-electron chi connectivity index (χ2n) is 5.78. The van der Waals surface area contributed by atoms with Gasteiger partial charge in [-0.2, -0.15) is 5.10 Å². The van der Waals surface area contributed by atoms with Gasteiger partial charge < -0.3 is 10.1 Å². The minimum absolute atomic E-state index is 0.0558. The molecule has 140 valence electrons. The Morgan fingerprint density at radius 1 is 1.26 bits per heavy atom. The first-order chi connectivity index (χ1) is 12.9. The van der Waals surface area contributed by atoms with Crippen molar-refractivity contribution < 1.29 is 19.1 Å². The van der Waals surface area contributed by atoms with Gasteiger partial charge in [0, 0.05) is 24.4 Å². The van der Waals surface area contributed by atoms with Gasteiger partial charge in [-0.1, -0.05) is 23.2 Å². The maximum atomic E-state index is 14.2. The Hall–Kier alpha value is -2.48. The van der Waals surface area contributed by atoms with Gasteiger partial charge in [0.25, 0.3) is 0 Å². The highest BCUT2D eigenvalue weighted by molar-refractivity contribution is 6.37. The number of Topliss-reactive ketones (excluding diaryl/α,β-unsaturated/α-hetero) is 1. The fourth-order valence-corrected chi connectivity index (χ4v) is 2.96. The van der Waals surface area contributed by atoms with Crippen molar-refractivity contribution in [2.45, 2.75) is 13.0 Å². The molecule has 0 fully saturated rings. The third-order valence-corrected chi connectivity index (χ3v) is 4.50. The zero-order valence-electron chi connectivity index (χ0n) is 13.9. The molecular formula is C18H14Cl2FN3O3. The summed E-state index contributed by atoms with van der Waals surface area (Å²) in [6.07, 6.45) is 4.57. The van der Waals surface area contributed by atoms with Crippen LogP contribution < -0.4 is 0 Å². The number of aromatic amines is 1. The molecule has 3 aromatic rings. The van der Waals surface area contributed by atoms with Crippen LogP contribution in [0.5, 0.6) is 0 Å². The minimum atomic E-state index is -0.903. The molecule has 0 unspecified atom stereocenters. The summed E-state index contributed by atoms with van der Waals surface area (Å²) < 4.78 is 15.7. The molecule has 0 aliphatic carbocycles. The lowest BCUT2D eigenvalue weighted by Crippen LogP contribution is -2.06. The van der Waals surface area contributed by atoms with E-state index in [-0.39, 0.29) is 45.7 Å². The zero-order chi connectivity index (χ0) is 19.6. The van der Waals surface area contributed by atoms with Crippen LogP contribution in [0.2, 0.25) is 10.0 Å². The monoisotopic (exact) mass is 409 g/mol. The van der Waals surface area contributed by atoms with Crippen LogP contribution in [0.1, 0.15) is 32.0 Å². The maximum absolute atomic E-state index is 14.2. The molecule has 1 aromatic carbocycles. The fraction of sp³-hybridized carbons (Fsp3) is 0.167. The van der Waals surface area contributed by atoms with Crippen molar-refractivity contribution in [3.8, 4) is 0 Å². The molecule has 0 aliphatic heterocycles. The molecule has 2 N–H and O–H groups in total. The number of nitrogens with zero attached hydrogens (tertiary/aromatic N) is 2. The van der Waals surface area contributed by atoms with Gasteiger partial charge >= 0.3 is 0 Å². The van der Waals surface area contributed by atoms with Crippen LogP contribution in [0.15, 0.2) is 36.8 Å². The third kappa shape index (κ3) is 4.10. The third-order valence-electron chi connectivity index (χ3n) is 3.90. The van der Waals surface area contributed by atoms with Gasteiger partial charge in [-0.3, -0.25) is 14.3 Å². The average Bonchev–Trinajstić information content (AvgIpc) is 3.28. The molecular weight excluding hydrogens is 396 g/mol. The van der Waals surface area contributed by atoms with E-state index < -0.39 is 11.6 Å². The number of aromatic nitrogens is 3. The first-order valence-corrected chi connectivity index (χ1v) is 8.68. The lowest BCUT2D eigenvalue weighted by atomic mass is 10.0. The van der Waals surface area contributed by atoms with E-state index >= 15 is 0 Å². The van der Waals surface area contributed by atoms with Crippen LogP contribution in [-0.4, -0.2) is 38.0 Å². The first-order valence-electron chi connectivity index (χ1n) is 7.92. The van der Waals surface area contributed by atoms with E-state index in [1.54, 1.807) is 6.20 Å². The van der Waals surface area contributed by atoms with Crippen molar-refractivity contribution in [3.05, 3.63) is 75.0 Å². The molecule has 27 heavy (non-hydrogen) atoms. The largest absolute Gasteiger partial charge is 0.394 e. The van der Waals surface area contributed by atoms with E-state index in [9.17, 15) is 14.0 Å². The Morgan fingerprint density at radius 2 is 2.00 bits per heavy atom. The minimum Gasteiger partial charge on any atom is -0.394 e. The summed E-state index contributed by atoms with van der Waals surface area (Å²) in [6.45, 7) is 0.279. The van der Waals surface area contributed by atoms with E-state index in [1.165, 1.54) is 35.3 Å². The van der Waals surface area contributed by atoms with Crippen molar-refractivity contribution in [1.29, 1.82) is 0 Å². The zero-order valence-corrected chi connectivity index (χ0v) is 15.4. The summed E-state index contributed by atoms with van der Waals surface area (Å²) in [5, 5.41) is 12.6. The Bertz CT molecular complexity index is 1010. The fourth-order valence-electron chi connectivity index (χ4n) is 2.57. The van der Waals surface area contributed by atoms with Crippen LogP contribution in [0.4, 0.5) is 4.39 Å². The van der Waals surface area contributed by atoms with Crippen LogP contribution in [-0.2, 0) is 13.0 Å². The van der Waals surface area contributed by atoms with Gasteiger partial charge in [0.2, 0.25) is 0 Å². The lowest BCUT2D eigenvalue weighted by molar-refractivity contribution is 0.0988. The van der Waals surface area contributed by atoms with Crippen molar-refractivity contribution >= 4 is 34.8 Å². The normalized spacial score (nSPS) is 11.0. The number of aliphatic hydroxyl groups excluding tert-OH is 1.